The van der Waals surface area contributed by atoms with Crippen LogP contribution in [0.25, 0.3) is 0 Å². The Bertz CT molecular complexity index is 693. The number of hydrogen-bond acceptors (Lipinski definition) is 3. The van der Waals surface area contributed by atoms with E-state index in [1.165, 1.54) is 4.31 Å². The highest BCUT2D eigenvalue weighted by atomic mass is 32.2. The fraction of sp³-hybridized carbons (Fsp3) is 0.294. The number of hydrogen-bond donors (Lipinski definition) is 0. The summed E-state index contributed by atoms with van der Waals surface area (Å²) in [6.07, 6.45) is 2.10. The molecule has 0 saturated heterocycles. The van der Waals surface area contributed by atoms with Gasteiger partial charge in [0, 0.05) is 23.9 Å². The van der Waals surface area contributed by atoms with Crippen LogP contribution in [0, 0.1) is 0 Å². The minimum Gasteiger partial charge on any atom is -0.469 e. The Hall–Kier alpha value is -1.85. The maximum absolute atomic E-state index is 12.5. The van der Waals surface area contributed by atoms with E-state index in [-0.39, 0.29) is 12.1 Å². The summed E-state index contributed by atoms with van der Waals surface area (Å²) in [5, 5.41) is 1.01. The molecule has 0 amide bonds. The predicted molar refractivity (Wildman–Crippen MR) is 87.7 cm³/mol. The molecule has 0 saturated carbocycles. The summed E-state index contributed by atoms with van der Waals surface area (Å²) in [6.45, 7) is 7.22. The molecular weight excluding hydrogens is 298 g/mol. The van der Waals surface area contributed by atoms with Gasteiger partial charge >= 0.3 is 0 Å². The third-order valence-corrected chi connectivity index (χ3v) is 5.36. The first-order valence-electron chi connectivity index (χ1n) is 7.19. The minimum absolute atomic E-state index is 0.246. The molecule has 0 aliphatic carbocycles. The average molecular weight is 319 g/mol. The Morgan fingerprint density at radius 3 is 2.41 bits per heavy atom. The molecule has 5 heteroatoms. The van der Waals surface area contributed by atoms with Crippen LogP contribution in [-0.4, -0.2) is 18.8 Å². The lowest BCUT2D eigenvalue weighted by Gasteiger charge is -2.32. The third-order valence-electron chi connectivity index (χ3n) is 3.68. The smallest absolute Gasteiger partial charge is 0.236 e. The molecule has 0 aliphatic heterocycles. The summed E-state index contributed by atoms with van der Waals surface area (Å²) in [4.78, 5) is 0. The molecule has 0 unspecified atom stereocenters. The van der Waals surface area contributed by atoms with Crippen LogP contribution in [0.15, 0.2) is 65.1 Å². The lowest BCUT2D eigenvalue weighted by atomic mass is 10.1. The van der Waals surface area contributed by atoms with Crippen molar-refractivity contribution < 1.29 is 12.8 Å². The van der Waals surface area contributed by atoms with Gasteiger partial charge in [-0.2, -0.15) is 4.31 Å². The number of nitrogens with zero attached hydrogens (tertiary/aromatic N) is 1. The molecule has 2 atom stereocenters. The highest BCUT2D eigenvalue weighted by Gasteiger charge is 2.31. The van der Waals surface area contributed by atoms with Crippen molar-refractivity contribution in [2.45, 2.75) is 32.4 Å². The van der Waals surface area contributed by atoms with Gasteiger partial charge < -0.3 is 4.42 Å². The largest absolute Gasteiger partial charge is 0.469 e. The molecule has 0 N–H and O–H groups in total. The summed E-state index contributed by atoms with van der Waals surface area (Å²) < 4.78 is 31.7. The van der Waals surface area contributed by atoms with Gasteiger partial charge in [0.25, 0.3) is 0 Å². The van der Waals surface area contributed by atoms with Crippen molar-refractivity contribution in [3.63, 3.8) is 0 Å². The zero-order valence-electron chi connectivity index (χ0n) is 12.8. The van der Waals surface area contributed by atoms with Crippen molar-refractivity contribution in [2.75, 3.05) is 0 Å². The molecule has 4 nitrogen and oxygen atoms in total. The van der Waals surface area contributed by atoms with Gasteiger partial charge in [0.2, 0.25) is 10.0 Å². The summed E-state index contributed by atoms with van der Waals surface area (Å²) in [7, 11) is -3.55. The number of sulfonamides is 1. The standard InChI is InChI=1S/C17H21NO3S/c1-4-22(19,20)18(14(2)13-17-11-8-12-21-17)15(3)16-9-6-5-7-10-16/h4-12,14-15H,1,13H2,2-3H3/t14-,15-/m0/s1. The van der Waals surface area contributed by atoms with Crippen molar-refractivity contribution in [1.82, 2.24) is 4.31 Å². The van der Waals surface area contributed by atoms with Crippen LogP contribution >= 0.6 is 0 Å². The first-order chi connectivity index (χ1) is 10.5. The number of furan rings is 1. The van der Waals surface area contributed by atoms with Crippen LogP contribution in [0.3, 0.4) is 0 Å². The Balaban J connectivity index is 2.32. The third kappa shape index (κ3) is 3.67. The maximum Gasteiger partial charge on any atom is 0.236 e. The van der Waals surface area contributed by atoms with Gasteiger partial charge in [-0.15, -0.1) is 0 Å². The molecule has 0 aliphatic rings. The molecule has 1 aromatic carbocycles. The van der Waals surface area contributed by atoms with Gasteiger partial charge in [0.05, 0.1) is 6.26 Å². The van der Waals surface area contributed by atoms with Gasteiger partial charge in [0.1, 0.15) is 5.76 Å². The summed E-state index contributed by atoms with van der Waals surface area (Å²) in [5.41, 5.74) is 0.944. The second-order valence-corrected chi connectivity index (χ2v) is 7.05. The van der Waals surface area contributed by atoms with Crippen LogP contribution in [0.1, 0.15) is 31.2 Å². The fourth-order valence-corrected chi connectivity index (χ4v) is 3.94. The van der Waals surface area contributed by atoms with E-state index in [1.807, 2.05) is 50.2 Å². The van der Waals surface area contributed by atoms with Gasteiger partial charge in [-0.05, 0) is 31.5 Å². The van der Waals surface area contributed by atoms with E-state index < -0.39 is 10.0 Å². The lowest BCUT2D eigenvalue weighted by Crippen LogP contribution is -2.40. The Morgan fingerprint density at radius 1 is 1.18 bits per heavy atom. The first-order valence-corrected chi connectivity index (χ1v) is 8.69. The fourth-order valence-electron chi connectivity index (χ4n) is 2.63. The van der Waals surface area contributed by atoms with E-state index >= 15 is 0 Å². The molecule has 118 valence electrons. The van der Waals surface area contributed by atoms with Crippen LogP contribution in [0.5, 0.6) is 0 Å². The number of rotatable bonds is 7. The first kappa shape index (κ1) is 16.5. The summed E-state index contributed by atoms with van der Waals surface area (Å²) in [6, 6.07) is 12.7. The van der Waals surface area contributed by atoms with Crippen LogP contribution in [0.4, 0.5) is 0 Å². The predicted octanol–water partition coefficient (Wildman–Crippen LogP) is 3.75. The highest BCUT2D eigenvalue weighted by molar-refractivity contribution is 7.92. The van der Waals surface area contributed by atoms with Crippen LogP contribution in [0.2, 0.25) is 0 Å². The Labute approximate surface area is 132 Å². The van der Waals surface area contributed by atoms with Crippen molar-refractivity contribution in [3.8, 4) is 0 Å². The zero-order valence-corrected chi connectivity index (χ0v) is 13.7. The molecule has 0 fully saturated rings. The van der Waals surface area contributed by atoms with Gasteiger partial charge in [0.15, 0.2) is 0 Å². The summed E-state index contributed by atoms with van der Waals surface area (Å²) >= 11 is 0. The van der Waals surface area contributed by atoms with Crippen molar-refractivity contribution >= 4 is 10.0 Å². The van der Waals surface area contributed by atoms with E-state index in [0.717, 1.165) is 16.7 Å². The molecule has 0 spiro atoms. The SMILES string of the molecule is C=CS(=O)(=O)N([C@@H](C)Cc1ccco1)[C@@H](C)c1ccccc1. The maximum atomic E-state index is 12.5. The zero-order chi connectivity index (χ0) is 16.2. The molecule has 2 aromatic rings. The lowest BCUT2D eigenvalue weighted by molar-refractivity contribution is 0.269. The topological polar surface area (TPSA) is 50.5 Å². The average Bonchev–Trinajstić information content (AvgIpc) is 3.00. The van der Waals surface area contributed by atoms with Gasteiger partial charge in [-0.3, -0.25) is 0 Å². The van der Waals surface area contributed by atoms with E-state index in [9.17, 15) is 8.42 Å². The molecular formula is C17H21NO3S. The minimum atomic E-state index is -3.55. The van der Waals surface area contributed by atoms with E-state index in [2.05, 4.69) is 6.58 Å². The number of benzene rings is 1. The summed E-state index contributed by atoms with van der Waals surface area (Å²) in [5.74, 6) is 0.761. The molecule has 2 rings (SSSR count). The van der Waals surface area contributed by atoms with Crippen LogP contribution in [-0.2, 0) is 16.4 Å². The molecule has 0 radical (unpaired) electrons. The van der Waals surface area contributed by atoms with E-state index in [4.69, 9.17) is 4.42 Å². The van der Waals surface area contributed by atoms with E-state index in [1.54, 1.807) is 12.3 Å². The highest BCUT2D eigenvalue weighted by Crippen LogP contribution is 2.27. The molecule has 1 aromatic heterocycles. The quantitative estimate of drug-likeness (QED) is 0.781. The second-order valence-electron chi connectivity index (χ2n) is 5.26. The molecule has 0 bridgehead atoms. The molecule has 22 heavy (non-hydrogen) atoms. The van der Waals surface area contributed by atoms with Crippen molar-refractivity contribution in [2.24, 2.45) is 0 Å². The monoisotopic (exact) mass is 319 g/mol. The molecule has 1 heterocycles. The van der Waals surface area contributed by atoms with Crippen LogP contribution < -0.4 is 0 Å². The van der Waals surface area contributed by atoms with Gasteiger partial charge in [-0.1, -0.05) is 36.9 Å². The van der Waals surface area contributed by atoms with Gasteiger partial charge in [-0.25, -0.2) is 8.42 Å². The van der Waals surface area contributed by atoms with E-state index in [0.29, 0.717) is 6.42 Å². The Morgan fingerprint density at radius 2 is 1.86 bits per heavy atom. The van der Waals surface area contributed by atoms with Crippen molar-refractivity contribution in [1.29, 1.82) is 0 Å². The normalized spacial score (nSPS) is 14.7. The second kappa shape index (κ2) is 6.94. The van der Waals surface area contributed by atoms with Crippen molar-refractivity contribution in [3.05, 3.63) is 72.0 Å². The Kier molecular flexibility index (Phi) is 5.21.